The highest BCUT2D eigenvalue weighted by molar-refractivity contribution is 7.15. The highest BCUT2D eigenvalue weighted by Crippen LogP contribution is 2.16. The predicted molar refractivity (Wildman–Crippen MR) is 102 cm³/mol. The molecule has 1 amide bonds. The molecule has 3 aromatic heterocycles. The number of para-hydroxylation sites is 1. The topological polar surface area (TPSA) is 86.2 Å². The van der Waals surface area contributed by atoms with Crippen molar-refractivity contribution in [3.05, 3.63) is 70.1 Å². The van der Waals surface area contributed by atoms with Crippen molar-refractivity contribution < 1.29 is 4.79 Å². The van der Waals surface area contributed by atoms with Gasteiger partial charge in [-0.05, 0) is 26.0 Å². The molecule has 4 aromatic rings. The van der Waals surface area contributed by atoms with Crippen molar-refractivity contribution in [2.45, 2.75) is 26.4 Å². The van der Waals surface area contributed by atoms with E-state index in [4.69, 9.17) is 0 Å². The maximum Gasteiger partial charge on any atom is 0.351 e. The molecular formula is C18H18N6O2S. The van der Waals surface area contributed by atoms with Gasteiger partial charge in [0.25, 0.3) is 0 Å². The fraction of sp³-hybridized carbons (Fsp3) is 0.222. The molecule has 3 heterocycles. The van der Waals surface area contributed by atoms with Gasteiger partial charge in [-0.25, -0.2) is 9.78 Å². The number of aromatic nitrogens is 5. The SMILES string of the molecule is Cc1nn(-c2ccccc2)c(=O)n1CC(=O)NC(C)c1cn2ccsc2n1. The molecule has 0 saturated carbocycles. The van der Waals surface area contributed by atoms with Crippen LogP contribution in [0.25, 0.3) is 10.6 Å². The molecule has 1 aromatic carbocycles. The van der Waals surface area contributed by atoms with Gasteiger partial charge in [0.05, 0.1) is 17.4 Å². The van der Waals surface area contributed by atoms with E-state index in [0.717, 1.165) is 10.7 Å². The quantitative estimate of drug-likeness (QED) is 0.571. The number of hydrogen-bond donors (Lipinski definition) is 1. The lowest BCUT2D eigenvalue weighted by Gasteiger charge is -2.11. The molecule has 0 aliphatic carbocycles. The monoisotopic (exact) mass is 382 g/mol. The average Bonchev–Trinajstić information content (AvgIpc) is 3.32. The summed E-state index contributed by atoms with van der Waals surface area (Å²) in [5, 5.41) is 9.11. The lowest BCUT2D eigenvalue weighted by molar-refractivity contribution is -0.122. The van der Waals surface area contributed by atoms with E-state index in [1.165, 1.54) is 20.6 Å². The van der Waals surface area contributed by atoms with Crippen LogP contribution in [-0.4, -0.2) is 29.6 Å². The molecule has 1 atom stereocenters. The lowest BCUT2D eigenvalue weighted by Crippen LogP contribution is -2.34. The second kappa shape index (κ2) is 6.84. The third-order valence-corrected chi connectivity index (χ3v) is 5.05. The van der Waals surface area contributed by atoms with E-state index in [0.29, 0.717) is 11.5 Å². The van der Waals surface area contributed by atoms with Crippen molar-refractivity contribution in [2.75, 3.05) is 0 Å². The Morgan fingerprint density at radius 3 is 2.81 bits per heavy atom. The number of nitrogens with zero attached hydrogens (tertiary/aromatic N) is 5. The third-order valence-electron chi connectivity index (χ3n) is 4.28. The number of benzene rings is 1. The van der Waals surface area contributed by atoms with E-state index in [1.807, 2.05) is 47.3 Å². The highest BCUT2D eigenvalue weighted by Gasteiger charge is 2.17. The standard InChI is InChI=1S/C18H18N6O2S/c1-12(15-10-22-8-9-27-17(22)20-15)19-16(25)11-23-13(2)21-24(18(23)26)14-6-4-3-5-7-14/h3-10,12H,11H2,1-2H3,(H,19,25). The molecule has 0 fully saturated rings. The van der Waals surface area contributed by atoms with Crippen LogP contribution >= 0.6 is 11.3 Å². The lowest BCUT2D eigenvalue weighted by atomic mass is 10.2. The van der Waals surface area contributed by atoms with Crippen LogP contribution in [0.1, 0.15) is 24.5 Å². The van der Waals surface area contributed by atoms with Gasteiger partial charge in [-0.3, -0.25) is 13.8 Å². The number of aryl methyl sites for hydroxylation is 1. The molecule has 0 radical (unpaired) electrons. The van der Waals surface area contributed by atoms with E-state index < -0.39 is 0 Å². The first-order valence-corrected chi connectivity index (χ1v) is 9.34. The van der Waals surface area contributed by atoms with Crippen LogP contribution in [0.2, 0.25) is 0 Å². The zero-order valence-electron chi connectivity index (χ0n) is 14.9. The summed E-state index contributed by atoms with van der Waals surface area (Å²) in [7, 11) is 0. The van der Waals surface area contributed by atoms with E-state index in [-0.39, 0.29) is 24.2 Å². The van der Waals surface area contributed by atoms with Crippen molar-refractivity contribution >= 4 is 22.2 Å². The molecule has 1 unspecified atom stereocenters. The van der Waals surface area contributed by atoms with Gasteiger partial charge in [0, 0.05) is 17.8 Å². The summed E-state index contributed by atoms with van der Waals surface area (Å²) in [6.45, 7) is 3.48. The van der Waals surface area contributed by atoms with Gasteiger partial charge in [-0.2, -0.15) is 9.78 Å². The second-order valence-corrected chi connectivity index (χ2v) is 7.08. The number of fused-ring (bicyclic) bond motifs is 1. The smallest absolute Gasteiger partial charge is 0.346 e. The van der Waals surface area contributed by atoms with Crippen molar-refractivity contribution in [3.63, 3.8) is 0 Å². The van der Waals surface area contributed by atoms with E-state index >= 15 is 0 Å². The summed E-state index contributed by atoms with van der Waals surface area (Å²) in [5.41, 5.74) is 1.10. The van der Waals surface area contributed by atoms with Crippen LogP contribution in [0.4, 0.5) is 0 Å². The van der Waals surface area contributed by atoms with Crippen LogP contribution in [0.5, 0.6) is 0 Å². The summed E-state index contributed by atoms with van der Waals surface area (Å²) in [6, 6.07) is 8.87. The molecule has 0 bridgehead atoms. The molecular weight excluding hydrogens is 364 g/mol. The maximum absolute atomic E-state index is 12.6. The van der Waals surface area contributed by atoms with Gasteiger partial charge in [0.15, 0.2) is 4.96 Å². The number of imidazole rings is 1. The predicted octanol–water partition coefficient (Wildman–Crippen LogP) is 1.93. The Bertz CT molecular complexity index is 1130. The Labute approximate surface area is 158 Å². The first kappa shape index (κ1) is 17.2. The fourth-order valence-corrected chi connectivity index (χ4v) is 3.58. The molecule has 27 heavy (non-hydrogen) atoms. The Morgan fingerprint density at radius 1 is 1.30 bits per heavy atom. The molecule has 0 spiro atoms. The average molecular weight is 382 g/mol. The minimum absolute atomic E-state index is 0.0932. The molecule has 0 aliphatic heterocycles. The Morgan fingerprint density at radius 2 is 2.07 bits per heavy atom. The molecule has 0 saturated heterocycles. The second-order valence-electron chi connectivity index (χ2n) is 6.21. The van der Waals surface area contributed by atoms with Gasteiger partial charge in [0.1, 0.15) is 12.4 Å². The van der Waals surface area contributed by atoms with Gasteiger partial charge in [0.2, 0.25) is 5.91 Å². The van der Waals surface area contributed by atoms with Crippen molar-refractivity contribution in [1.29, 1.82) is 0 Å². The zero-order chi connectivity index (χ0) is 19.0. The number of nitrogens with one attached hydrogen (secondary N) is 1. The normalized spacial score (nSPS) is 12.4. The summed E-state index contributed by atoms with van der Waals surface area (Å²) < 4.78 is 4.58. The fourth-order valence-electron chi connectivity index (χ4n) is 2.87. The summed E-state index contributed by atoms with van der Waals surface area (Å²) in [6.07, 6.45) is 3.81. The zero-order valence-corrected chi connectivity index (χ0v) is 15.7. The Balaban J connectivity index is 1.50. The number of carbonyl (C=O) groups is 1. The maximum atomic E-state index is 12.6. The van der Waals surface area contributed by atoms with Crippen molar-refractivity contribution in [2.24, 2.45) is 0 Å². The summed E-state index contributed by atoms with van der Waals surface area (Å²) in [5.74, 6) is 0.214. The minimum Gasteiger partial charge on any atom is -0.346 e. The molecule has 1 N–H and O–H groups in total. The Hall–Kier alpha value is -3.20. The highest BCUT2D eigenvalue weighted by atomic mass is 32.1. The van der Waals surface area contributed by atoms with Crippen LogP contribution in [0.3, 0.4) is 0 Å². The number of carbonyl (C=O) groups excluding carboxylic acids is 1. The number of amides is 1. The summed E-state index contributed by atoms with van der Waals surface area (Å²) in [4.78, 5) is 30.5. The van der Waals surface area contributed by atoms with E-state index in [1.54, 1.807) is 19.1 Å². The van der Waals surface area contributed by atoms with Gasteiger partial charge < -0.3 is 5.32 Å². The first-order chi connectivity index (χ1) is 13.0. The molecule has 9 heteroatoms. The largest absolute Gasteiger partial charge is 0.351 e. The van der Waals surface area contributed by atoms with E-state index in [9.17, 15) is 9.59 Å². The molecule has 138 valence electrons. The summed E-state index contributed by atoms with van der Waals surface area (Å²) >= 11 is 1.53. The number of rotatable bonds is 5. The van der Waals surface area contributed by atoms with Crippen LogP contribution in [0.15, 0.2) is 52.9 Å². The van der Waals surface area contributed by atoms with Crippen LogP contribution in [0, 0.1) is 6.92 Å². The van der Waals surface area contributed by atoms with Crippen molar-refractivity contribution in [1.82, 2.24) is 29.0 Å². The Kier molecular flexibility index (Phi) is 4.36. The van der Waals surface area contributed by atoms with E-state index in [2.05, 4.69) is 15.4 Å². The van der Waals surface area contributed by atoms with Crippen LogP contribution in [-0.2, 0) is 11.3 Å². The molecule has 4 rings (SSSR count). The van der Waals surface area contributed by atoms with Gasteiger partial charge >= 0.3 is 5.69 Å². The first-order valence-electron chi connectivity index (χ1n) is 8.46. The molecule has 0 aliphatic rings. The molecule has 8 nitrogen and oxygen atoms in total. The number of hydrogen-bond acceptors (Lipinski definition) is 5. The van der Waals surface area contributed by atoms with Gasteiger partial charge in [-0.1, -0.05) is 18.2 Å². The third kappa shape index (κ3) is 3.28. The number of thiazole rings is 1. The van der Waals surface area contributed by atoms with Crippen LogP contribution < -0.4 is 11.0 Å². The van der Waals surface area contributed by atoms with Gasteiger partial charge in [-0.15, -0.1) is 11.3 Å². The van der Waals surface area contributed by atoms with Crippen molar-refractivity contribution in [3.8, 4) is 5.69 Å². The minimum atomic E-state index is -0.344.